The van der Waals surface area contributed by atoms with Gasteiger partial charge in [-0.05, 0) is 18.2 Å². The van der Waals surface area contributed by atoms with Crippen LogP contribution in [0.1, 0.15) is 16.1 Å². The molecule has 0 aliphatic heterocycles. The number of aromatic carboxylic acids is 1. The second-order valence-electron chi connectivity index (χ2n) is 3.68. The Hall–Kier alpha value is -2.01. The highest BCUT2D eigenvalue weighted by atomic mass is 35.5. The highest BCUT2D eigenvalue weighted by Crippen LogP contribution is 2.19. The Morgan fingerprint density at radius 1 is 1.56 bits per heavy atom. The molecule has 6 heteroatoms. The van der Waals surface area contributed by atoms with Crippen molar-refractivity contribution in [2.75, 3.05) is 0 Å². The first-order valence-corrected chi connectivity index (χ1v) is 5.58. The third-order valence-electron chi connectivity index (χ3n) is 2.46. The third kappa shape index (κ3) is 2.62. The van der Waals surface area contributed by atoms with Gasteiger partial charge in [0.1, 0.15) is 17.9 Å². The topological polar surface area (TPSA) is 64.4 Å². The summed E-state index contributed by atoms with van der Waals surface area (Å²) in [6, 6.07) is 6.92. The van der Waals surface area contributed by atoms with Crippen LogP contribution in [-0.2, 0) is 13.7 Å². The molecule has 0 saturated heterocycles. The van der Waals surface area contributed by atoms with Gasteiger partial charge < -0.3 is 9.84 Å². The van der Waals surface area contributed by atoms with Gasteiger partial charge >= 0.3 is 5.97 Å². The van der Waals surface area contributed by atoms with E-state index in [1.54, 1.807) is 31.3 Å². The molecular weight excluding hydrogens is 256 g/mol. The number of carboxylic acid groups (broad SMARTS) is 1. The fraction of sp³-hybridized carbons (Fsp3) is 0.167. The molecule has 18 heavy (non-hydrogen) atoms. The molecule has 0 bridgehead atoms. The van der Waals surface area contributed by atoms with E-state index in [0.717, 1.165) is 0 Å². The van der Waals surface area contributed by atoms with Gasteiger partial charge in [0, 0.05) is 12.1 Å². The Morgan fingerprint density at radius 2 is 2.33 bits per heavy atom. The number of aromatic nitrogens is 2. The van der Waals surface area contributed by atoms with Crippen molar-refractivity contribution in [3.63, 3.8) is 0 Å². The number of benzene rings is 1. The predicted molar refractivity (Wildman–Crippen MR) is 66.0 cm³/mol. The molecule has 0 aliphatic carbocycles. The van der Waals surface area contributed by atoms with Crippen molar-refractivity contribution in [2.24, 2.45) is 7.05 Å². The first-order valence-electron chi connectivity index (χ1n) is 5.20. The molecule has 5 nitrogen and oxygen atoms in total. The zero-order valence-corrected chi connectivity index (χ0v) is 10.4. The van der Waals surface area contributed by atoms with E-state index in [-0.39, 0.29) is 12.2 Å². The lowest BCUT2D eigenvalue weighted by atomic mass is 10.2. The molecule has 0 unspecified atom stereocenters. The second-order valence-corrected chi connectivity index (χ2v) is 4.12. The Balaban J connectivity index is 2.15. The number of carbonyl (C=O) groups is 1. The average Bonchev–Trinajstić information content (AvgIpc) is 2.68. The van der Waals surface area contributed by atoms with E-state index in [9.17, 15) is 4.79 Å². The van der Waals surface area contributed by atoms with E-state index < -0.39 is 5.97 Å². The Morgan fingerprint density at radius 3 is 3.00 bits per heavy atom. The van der Waals surface area contributed by atoms with Gasteiger partial charge in [0.25, 0.3) is 0 Å². The minimum Gasteiger partial charge on any atom is -0.487 e. The Bertz CT molecular complexity index is 580. The molecule has 94 valence electrons. The molecule has 0 amide bonds. The van der Waals surface area contributed by atoms with E-state index in [1.807, 2.05) is 0 Å². The highest BCUT2D eigenvalue weighted by Gasteiger charge is 2.15. The summed E-state index contributed by atoms with van der Waals surface area (Å²) in [5.41, 5.74) is 0.641. The van der Waals surface area contributed by atoms with Crippen LogP contribution in [0.2, 0.25) is 5.02 Å². The number of hydrogen-bond donors (Lipinski definition) is 1. The maximum Gasteiger partial charge on any atom is 0.339 e. The Kier molecular flexibility index (Phi) is 3.53. The van der Waals surface area contributed by atoms with Gasteiger partial charge in [-0.15, -0.1) is 0 Å². The largest absolute Gasteiger partial charge is 0.487 e. The van der Waals surface area contributed by atoms with E-state index in [2.05, 4.69) is 5.10 Å². The molecule has 2 aromatic rings. The lowest BCUT2D eigenvalue weighted by Crippen LogP contribution is -2.08. The number of ether oxygens (including phenoxy) is 1. The number of nitrogens with zero attached hydrogens (tertiary/aromatic N) is 2. The van der Waals surface area contributed by atoms with E-state index in [1.165, 1.54) is 10.9 Å². The molecule has 0 saturated carbocycles. The highest BCUT2D eigenvalue weighted by molar-refractivity contribution is 6.30. The number of carboxylic acids is 1. The van der Waals surface area contributed by atoms with Crippen LogP contribution in [0.15, 0.2) is 30.5 Å². The maximum atomic E-state index is 11.0. The van der Waals surface area contributed by atoms with Crippen molar-refractivity contribution in [2.45, 2.75) is 6.61 Å². The fourth-order valence-electron chi connectivity index (χ4n) is 1.52. The molecule has 1 aromatic heterocycles. The van der Waals surface area contributed by atoms with Gasteiger partial charge in [0.15, 0.2) is 0 Å². The summed E-state index contributed by atoms with van der Waals surface area (Å²) in [7, 11) is 1.67. The minimum absolute atomic E-state index is 0.123. The number of rotatable bonds is 4. The summed E-state index contributed by atoms with van der Waals surface area (Å²) < 4.78 is 6.97. The van der Waals surface area contributed by atoms with Gasteiger partial charge in [-0.3, -0.25) is 4.68 Å². The number of aryl methyl sites for hydroxylation is 1. The van der Waals surface area contributed by atoms with E-state index >= 15 is 0 Å². The fourth-order valence-corrected chi connectivity index (χ4v) is 1.70. The minimum atomic E-state index is -1.02. The summed E-state index contributed by atoms with van der Waals surface area (Å²) in [5, 5.41) is 13.5. The first-order chi connectivity index (χ1) is 8.58. The van der Waals surface area contributed by atoms with Gasteiger partial charge in [0.05, 0.1) is 11.9 Å². The quantitative estimate of drug-likeness (QED) is 0.923. The molecule has 1 aromatic carbocycles. The number of halogens is 1. The van der Waals surface area contributed by atoms with Crippen LogP contribution in [0, 0.1) is 0 Å². The SMILES string of the molecule is Cn1ncc(C(=O)O)c1COc1cccc(Cl)c1. The summed E-state index contributed by atoms with van der Waals surface area (Å²) in [6.45, 7) is 0.123. The molecule has 1 heterocycles. The molecule has 0 aliphatic rings. The van der Waals surface area contributed by atoms with Crippen LogP contribution in [0.3, 0.4) is 0 Å². The summed E-state index contributed by atoms with van der Waals surface area (Å²) in [4.78, 5) is 11.0. The van der Waals surface area contributed by atoms with E-state index in [4.69, 9.17) is 21.4 Å². The van der Waals surface area contributed by atoms with Crippen LogP contribution >= 0.6 is 11.6 Å². The maximum absolute atomic E-state index is 11.0. The smallest absolute Gasteiger partial charge is 0.339 e. The van der Waals surface area contributed by atoms with Gasteiger partial charge in [-0.2, -0.15) is 5.10 Å². The molecular formula is C12H11ClN2O3. The van der Waals surface area contributed by atoms with Gasteiger partial charge in [0.2, 0.25) is 0 Å². The Labute approximate surface area is 109 Å². The van der Waals surface area contributed by atoms with Gasteiger partial charge in [-0.1, -0.05) is 17.7 Å². The van der Waals surface area contributed by atoms with Crippen molar-refractivity contribution in [1.29, 1.82) is 0 Å². The molecule has 2 rings (SSSR count). The van der Waals surface area contributed by atoms with Crippen LogP contribution in [-0.4, -0.2) is 20.9 Å². The normalized spacial score (nSPS) is 10.3. The van der Waals surface area contributed by atoms with E-state index in [0.29, 0.717) is 16.5 Å². The molecule has 0 spiro atoms. The van der Waals surface area contributed by atoms with Crippen molar-refractivity contribution >= 4 is 17.6 Å². The van der Waals surface area contributed by atoms with Crippen LogP contribution < -0.4 is 4.74 Å². The summed E-state index contributed by atoms with van der Waals surface area (Å²) in [6.07, 6.45) is 1.30. The van der Waals surface area contributed by atoms with Gasteiger partial charge in [-0.25, -0.2) is 4.79 Å². The average molecular weight is 267 g/mol. The van der Waals surface area contributed by atoms with Crippen molar-refractivity contribution < 1.29 is 14.6 Å². The number of hydrogen-bond acceptors (Lipinski definition) is 3. The predicted octanol–water partition coefficient (Wildman–Crippen LogP) is 2.35. The van der Waals surface area contributed by atoms with Crippen LogP contribution in [0.25, 0.3) is 0 Å². The first kappa shape index (κ1) is 12.4. The monoisotopic (exact) mass is 266 g/mol. The second kappa shape index (κ2) is 5.10. The standard InChI is InChI=1S/C12H11ClN2O3/c1-15-11(10(6-14-15)12(16)17)7-18-9-4-2-3-8(13)5-9/h2-6H,7H2,1H3,(H,16,17). The zero-order chi connectivity index (χ0) is 13.1. The van der Waals surface area contributed by atoms with Crippen LogP contribution in [0.5, 0.6) is 5.75 Å². The lowest BCUT2D eigenvalue weighted by molar-refractivity contribution is 0.0693. The summed E-state index contributed by atoms with van der Waals surface area (Å²) in [5.74, 6) is -0.437. The zero-order valence-electron chi connectivity index (χ0n) is 9.63. The molecule has 1 N–H and O–H groups in total. The van der Waals surface area contributed by atoms with Crippen molar-refractivity contribution in [3.05, 3.63) is 46.7 Å². The van der Waals surface area contributed by atoms with Crippen LogP contribution in [0.4, 0.5) is 0 Å². The molecule has 0 atom stereocenters. The van der Waals surface area contributed by atoms with Crippen molar-refractivity contribution in [3.8, 4) is 5.75 Å². The third-order valence-corrected chi connectivity index (χ3v) is 2.70. The molecule has 0 fully saturated rings. The van der Waals surface area contributed by atoms with Crippen molar-refractivity contribution in [1.82, 2.24) is 9.78 Å². The lowest BCUT2D eigenvalue weighted by Gasteiger charge is -2.07. The summed E-state index contributed by atoms with van der Waals surface area (Å²) >= 11 is 5.83. The molecule has 0 radical (unpaired) electrons.